The summed E-state index contributed by atoms with van der Waals surface area (Å²) in [5.41, 5.74) is 12.2. The zero-order valence-corrected chi connectivity index (χ0v) is 16.3. The Morgan fingerprint density at radius 3 is 1.69 bits per heavy atom. The quantitative estimate of drug-likeness (QED) is 0.331. The first-order chi connectivity index (χ1) is 14.3. The summed E-state index contributed by atoms with van der Waals surface area (Å²) >= 11 is 0. The van der Waals surface area contributed by atoms with E-state index in [2.05, 4.69) is 66.7 Å². The minimum absolute atomic E-state index is 0.167. The highest BCUT2D eigenvalue weighted by molar-refractivity contribution is 6.03. The topological polar surface area (TPSA) is 38.4 Å². The van der Waals surface area contributed by atoms with Crippen molar-refractivity contribution in [1.82, 2.24) is 0 Å². The molecule has 0 fully saturated rings. The van der Waals surface area contributed by atoms with Crippen LogP contribution in [0.5, 0.6) is 0 Å². The SMILES string of the molecule is NC(=NCC(c1ccccc1)c1ccccc1)c1ccccc1-c1ccccc1. The van der Waals surface area contributed by atoms with Crippen molar-refractivity contribution in [3.05, 3.63) is 132 Å². The van der Waals surface area contributed by atoms with Gasteiger partial charge in [0.25, 0.3) is 0 Å². The molecule has 0 heterocycles. The Hall–Kier alpha value is -3.65. The average Bonchev–Trinajstić information content (AvgIpc) is 2.81. The molecule has 0 aliphatic rings. The third kappa shape index (κ3) is 4.44. The first kappa shape index (κ1) is 18.7. The molecule has 4 aromatic rings. The number of nitrogens with two attached hydrogens (primary N) is 1. The standard InChI is InChI=1S/C27H24N2/c28-27(25-19-11-10-18-24(25)21-12-4-1-5-13-21)29-20-26(22-14-6-2-7-15-22)23-16-8-3-9-17-23/h1-19,26H,20H2,(H2,28,29). The molecule has 2 nitrogen and oxygen atoms in total. The van der Waals surface area contributed by atoms with Crippen LogP contribution in [0, 0.1) is 0 Å². The van der Waals surface area contributed by atoms with Crippen molar-refractivity contribution in [2.45, 2.75) is 5.92 Å². The van der Waals surface area contributed by atoms with Gasteiger partial charge in [0.15, 0.2) is 0 Å². The summed E-state index contributed by atoms with van der Waals surface area (Å²) in [4.78, 5) is 4.83. The molecule has 0 bridgehead atoms. The lowest BCUT2D eigenvalue weighted by molar-refractivity contribution is 0.819. The van der Waals surface area contributed by atoms with E-state index in [1.807, 2.05) is 48.5 Å². The summed E-state index contributed by atoms with van der Waals surface area (Å²) in [6.45, 7) is 0.600. The van der Waals surface area contributed by atoms with Gasteiger partial charge in [0.1, 0.15) is 5.84 Å². The van der Waals surface area contributed by atoms with Crippen molar-refractivity contribution in [3.8, 4) is 11.1 Å². The van der Waals surface area contributed by atoms with Gasteiger partial charge in [-0.2, -0.15) is 0 Å². The van der Waals surface area contributed by atoms with Gasteiger partial charge >= 0.3 is 0 Å². The smallest absolute Gasteiger partial charge is 0.126 e. The maximum Gasteiger partial charge on any atom is 0.126 e. The fraction of sp³-hybridized carbons (Fsp3) is 0.0741. The maximum atomic E-state index is 6.49. The largest absolute Gasteiger partial charge is 0.383 e. The normalized spacial score (nSPS) is 11.6. The molecular formula is C27H24N2. The van der Waals surface area contributed by atoms with Crippen LogP contribution in [-0.4, -0.2) is 12.4 Å². The summed E-state index contributed by atoms with van der Waals surface area (Å²) < 4.78 is 0. The summed E-state index contributed by atoms with van der Waals surface area (Å²) in [7, 11) is 0. The molecule has 0 saturated heterocycles. The summed E-state index contributed by atoms with van der Waals surface area (Å²) in [6.07, 6.45) is 0. The van der Waals surface area contributed by atoms with E-state index in [-0.39, 0.29) is 5.92 Å². The second-order valence-electron chi connectivity index (χ2n) is 7.01. The zero-order valence-electron chi connectivity index (χ0n) is 16.3. The van der Waals surface area contributed by atoms with Gasteiger partial charge in [-0.25, -0.2) is 0 Å². The fourth-order valence-corrected chi connectivity index (χ4v) is 3.62. The molecule has 2 N–H and O–H groups in total. The van der Waals surface area contributed by atoms with Gasteiger partial charge < -0.3 is 5.73 Å². The molecule has 0 radical (unpaired) electrons. The molecule has 2 heteroatoms. The Kier molecular flexibility index (Phi) is 5.82. The molecular weight excluding hydrogens is 352 g/mol. The summed E-state index contributed by atoms with van der Waals surface area (Å²) in [5, 5.41) is 0. The molecule has 29 heavy (non-hydrogen) atoms. The van der Waals surface area contributed by atoms with Gasteiger partial charge in [0.2, 0.25) is 0 Å². The number of hydrogen-bond acceptors (Lipinski definition) is 1. The van der Waals surface area contributed by atoms with Crippen molar-refractivity contribution in [1.29, 1.82) is 0 Å². The molecule has 0 amide bonds. The predicted octanol–water partition coefficient (Wildman–Crippen LogP) is 5.89. The first-order valence-corrected chi connectivity index (χ1v) is 9.87. The first-order valence-electron chi connectivity index (χ1n) is 9.87. The molecule has 0 aliphatic carbocycles. The van der Waals surface area contributed by atoms with Gasteiger partial charge in [0.05, 0.1) is 6.54 Å². The van der Waals surface area contributed by atoms with E-state index in [4.69, 9.17) is 10.7 Å². The molecule has 0 unspecified atom stereocenters. The van der Waals surface area contributed by atoms with E-state index < -0.39 is 0 Å². The van der Waals surface area contributed by atoms with Crippen LogP contribution < -0.4 is 5.73 Å². The number of aliphatic imine (C=N–C) groups is 1. The minimum atomic E-state index is 0.167. The third-order valence-corrected chi connectivity index (χ3v) is 5.14. The lowest BCUT2D eigenvalue weighted by Crippen LogP contribution is -2.17. The molecule has 0 atom stereocenters. The predicted molar refractivity (Wildman–Crippen MR) is 122 cm³/mol. The van der Waals surface area contributed by atoms with E-state index >= 15 is 0 Å². The van der Waals surface area contributed by atoms with Crippen LogP contribution in [-0.2, 0) is 0 Å². The molecule has 0 spiro atoms. The Morgan fingerprint density at radius 1 is 0.621 bits per heavy atom. The zero-order chi connectivity index (χ0) is 19.9. The Balaban J connectivity index is 1.67. The van der Waals surface area contributed by atoms with Gasteiger partial charge in [-0.05, 0) is 22.3 Å². The lowest BCUT2D eigenvalue weighted by atomic mass is 9.91. The van der Waals surface area contributed by atoms with Gasteiger partial charge in [-0.1, -0.05) is 115 Å². The Bertz CT molecular complexity index is 1030. The molecule has 4 rings (SSSR count). The van der Waals surface area contributed by atoms with Crippen LogP contribution in [0.3, 0.4) is 0 Å². The highest BCUT2D eigenvalue weighted by atomic mass is 14.9. The van der Waals surface area contributed by atoms with Crippen molar-refractivity contribution in [3.63, 3.8) is 0 Å². The maximum absolute atomic E-state index is 6.49. The van der Waals surface area contributed by atoms with Crippen LogP contribution in [0.25, 0.3) is 11.1 Å². The molecule has 142 valence electrons. The number of amidine groups is 1. The molecule has 0 aromatic heterocycles. The number of hydrogen-bond donors (Lipinski definition) is 1. The van der Waals surface area contributed by atoms with Crippen molar-refractivity contribution in [2.24, 2.45) is 10.7 Å². The second-order valence-corrected chi connectivity index (χ2v) is 7.01. The van der Waals surface area contributed by atoms with E-state index in [0.29, 0.717) is 12.4 Å². The molecule has 4 aromatic carbocycles. The summed E-state index contributed by atoms with van der Waals surface area (Å²) in [6, 6.07) is 39.5. The van der Waals surface area contributed by atoms with Crippen LogP contribution in [0.2, 0.25) is 0 Å². The number of benzene rings is 4. The van der Waals surface area contributed by atoms with Crippen LogP contribution >= 0.6 is 0 Å². The van der Waals surface area contributed by atoms with E-state index in [1.165, 1.54) is 11.1 Å². The van der Waals surface area contributed by atoms with Crippen molar-refractivity contribution in [2.75, 3.05) is 6.54 Å². The molecule has 0 aliphatic heterocycles. The van der Waals surface area contributed by atoms with Crippen LogP contribution in [0.1, 0.15) is 22.6 Å². The minimum Gasteiger partial charge on any atom is -0.383 e. The number of nitrogens with zero attached hydrogens (tertiary/aromatic N) is 1. The highest BCUT2D eigenvalue weighted by Crippen LogP contribution is 2.26. The van der Waals surface area contributed by atoms with Crippen molar-refractivity contribution < 1.29 is 0 Å². The third-order valence-electron chi connectivity index (χ3n) is 5.14. The lowest BCUT2D eigenvalue weighted by Gasteiger charge is -2.17. The van der Waals surface area contributed by atoms with Gasteiger partial charge in [-0.15, -0.1) is 0 Å². The second kappa shape index (κ2) is 9.03. The highest BCUT2D eigenvalue weighted by Gasteiger charge is 2.14. The van der Waals surface area contributed by atoms with Crippen molar-refractivity contribution >= 4 is 5.84 Å². The van der Waals surface area contributed by atoms with E-state index in [1.54, 1.807) is 0 Å². The number of rotatable bonds is 6. The average molecular weight is 377 g/mol. The monoisotopic (exact) mass is 376 g/mol. The van der Waals surface area contributed by atoms with Crippen LogP contribution in [0.4, 0.5) is 0 Å². The summed E-state index contributed by atoms with van der Waals surface area (Å²) in [5.74, 6) is 0.737. The van der Waals surface area contributed by atoms with Crippen LogP contribution in [0.15, 0.2) is 120 Å². The van der Waals surface area contributed by atoms with E-state index in [0.717, 1.165) is 16.7 Å². The Morgan fingerprint density at radius 2 is 1.10 bits per heavy atom. The molecule has 0 saturated carbocycles. The van der Waals surface area contributed by atoms with E-state index in [9.17, 15) is 0 Å². The fourth-order valence-electron chi connectivity index (χ4n) is 3.62. The van der Waals surface area contributed by atoms with Gasteiger partial charge in [0, 0.05) is 11.5 Å². The Labute approximate surface area is 172 Å². The van der Waals surface area contributed by atoms with Gasteiger partial charge in [-0.3, -0.25) is 4.99 Å².